The summed E-state index contributed by atoms with van der Waals surface area (Å²) < 4.78 is 5.46. The fourth-order valence-corrected chi connectivity index (χ4v) is 2.52. The number of hydrogen-bond donors (Lipinski definition) is 1. The van der Waals surface area contributed by atoms with Crippen LogP contribution in [0.3, 0.4) is 0 Å². The monoisotopic (exact) mass is 301 g/mol. The molecule has 1 aliphatic carbocycles. The van der Waals surface area contributed by atoms with Crippen LogP contribution in [-0.2, 0) is 14.3 Å². The number of nitrogens with one attached hydrogen (secondary N) is 1. The summed E-state index contributed by atoms with van der Waals surface area (Å²) in [5.41, 5.74) is 0.909. The lowest BCUT2D eigenvalue weighted by Gasteiger charge is -2.23. The van der Waals surface area contributed by atoms with Crippen LogP contribution < -0.4 is 5.32 Å². The minimum atomic E-state index is -0.615. The summed E-state index contributed by atoms with van der Waals surface area (Å²) in [7, 11) is 0. The van der Waals surface area contributed by atoms with Gasteiger partial charge in [-0.2, -0.15) is 0 Å². The van der Waals surface area contributed by atoms with E-state index in [2.05, 4.69) is 11.9 Å². The van der Waals surface area contributed by atoms with E-state index in [0.29, 0.717) is 5.69 Å². The molecule has 1 aliphatic rings. The lowest BCUT2D eigenvalue weighted by molar-refractivity contribution is -0.147. The van der Waals surface area contributed by atoms with Crippen LogP contribution in [0.1, 0.15) is 39.0 Å². The molecule has 1 unspecified atom stereocenters. The van der Waals surface area contributed by atoms with Crippen molar-refractivity contribution in [1.29, 1.82) is 0 Å². The van der Waals surface area contributed by atoms with Gasteiger partial charge >= 0.3 is 5.97 Å². The highest BCUT2D eigenvalue weighted by Crippen LogP contribution is 2.22. The number of para-hydroxylation sites is 1. The van der Waals surface area contributed by atoms with Gasteiger partial charge < -0.3 is 10.1 Å². The summed E-state index contributed by atoms with van der Waals surface area (Å²) in [6.45, 7) is 5.42. The van der Waals surface area contributed by atoms with Crippen molar-refractivity contribution in [2.45, 2.75) is 45.1 Å². The summed E-state index contributed by atoms with van der Waals surface area (Å²) in [5, 5.41) is 2.77. The standard InChI is InChI=1S/C18H23NO3/c1-13(17(20)19-15-9-5-3-6-10-15)14(2)18(21)22-16-11-7-4-8-12-16/h3,5-6,9-10,13,16H,2,4,7-8,11-12H2,1H3,(H,19,20). The largest absolute Gasteiger partial charge is 0.459 e. The van der Waals surface area contributed by atoms with Gasteiger partial charge in [0.1, 0.15) is 6.10 Å². The van der Waals surface area contributed by atoms with Crippen molar-refractivity contribution < 1.29 is 14.3 Å². The number of amides is 1. The third-order valence-electron chi connectivity index (χ3n) is 4.05. The SMILES string of the molecule is C=C(C(=O)OC1CCCCC1)C(C)C(=O)Nc1ccccc1. The molecule has 0 aliphatic heterocycles. The number of hydrogen-bond acceptors (Lipinski definition) is 3. The minimum Gasteiger partial charge on any atom is -0.459 e. The second-order valence-electron chi connectivity index (χ2n) is 5.77. The first-order valence-electron chi connectivity index (χ1n) is 7.83. The molecule has 1 aromatic carbocycles. The van der Waals surface area contributed by atoms with Crippen molar-refractivity contribution in [2.75, 3.05) is 5.32 Å². The minimum absolute atomic E-state index is 0.0256. The molecule has 22 heavy (non-hydrogen) atoms. The third kappa shape index (κ3) is 4.45. The van der Waals surface area contributed by atoms with E-state index < -0.39 is 11.9 Å². The van der Waals surface area contributed by atoms with E-state index >= 15 is 0 Å². The maximum atomic E-state index is 12.2. The van der Waals surface area contributed by atoms with Gasteiger partial charge in [0.05, 0.1) is 5.92 Å². The van der Waals surface area contributed by atoms with Crippen LogP contribution in [0.25, 0.3) is 0 Å². The van der Waals surface area contributed by atoms with Gasteiger partial charge in [-0.05, 0) is 44.7 Å². The molecular formula is C18H23NO3. The van der Waals surface area contributed by atoms with E-state index in [1.807, 2.05) is 18.2 Å². The van der Waals surface area contributed by atoms with Gasteiger partial charge in [0.25, 0.3) is 0 Å². The van der Waals surface area contributed by atoms with Crippen LogP contribution in [0, 0.1) is 5.92 Å². The second kappa shape index (κ2) is 7.78. The molecule has 1 fully saturated rings. The highest BCUT2D eigenvalue weighted by molar-refractivity contribution is 6.01. The first-order valence-corrected chi connectivity index (χ1v) is 7.83. The normalized spacial score (nSPS) is 16.6. The molecule has 0 radical (unpaired) electrons. The highest BCUT2D eigenvalue weighted by atomic mass is 16.5. The summed E-state index contributed by atoms with van der Waals surface area (Å²) in [6.07, 6.45) is 5.17. The average Bonchev–Trinajstić information content (AvgIpc) is 2.55. The van der Waals surface area contributed by atoms with Crippen molar-refractivity contribution in [3.05, 3.63) is 42.5 Å². The smallest absolute Gasteiger partial charge is 0.334 e. The second-order valence-corrected chi connectivity index (χ2v) is 5.77. The molecule has 0 aromatic heterocycles. The molecule has 4 nitrogen and oxygen atoms in total. The summed E-state index contributed by atoms with van der Waals surface area (Å²) in [4.78, 5) is 24.3. The van der Waals surface area contributed by atoms with Crippen LogP contribution in [-0.4, -0.2) is 18.0 Å². The molecule has 1 amide bonds. The van der Waals surface area contributed by atoms with Crippen LogP contribution in [0.2, 0.25) is 0 Å². The number of carbonyl (C=O) groups excluding carboxylic acids is 2. The lowest BCUT2D eigenvalue weighted by Crippen LogP contribution is -2.28. The van der Waals surface area contributed by atoms with Gasteiger partial charge in [-0.25, -0.2) is 4.79 Å². The Morgan fingerprint density at radius 1 is 1.18 bits per heavy atom. The zero-order chi connectivity index (χ0) is 15.9. The molecule has 1 N–H and O–H groups in total. The van der Waals surface area contributed by atoms with Crippen LogP contribution in [0.15, 0.2) is 42.5 Å². The van der Waals surface area contributed by atoms with Gasteiger partial charge in [0.2, 0.25) is 5.91 Å². The fraction of sp³-hybridized carbons (Fsp3) is 0.444. The van der Waals surface area contributed by atoms with E-state index in [1.54, 1.807) is 19.1 Å². The van der Waals surface area contributed by atoms with E-state index in [0.717, 1.165) is 25.7 Å². The van der Waals surface area contributed by atoms with Gasteiger partial charge in [-0.15, -0.1) is 0 Å². The number of rotatable bonds is 5. The van der Waals surface area contributed by atoms with Crippen molar-refractivity contribution >= 4 is 17.6 Å². The molecule has 0 saturated heterocycles. The molecular weight excluding hydrogens is 278 g/mol. The van der Waals surface area contributed by atoms with E-state index in [1.165, 1.54) is 6.42 Å². The predicted molar refractivity (Wildman–Crippen MR) is 86.3 cm³/mol. The zero-order valence-corrected chi connectivity index (χ0v) is 13.0. The van der Waals surface area contributed by atoms with Crippen LogP contribution >= 0.6 is 0 Å². The Labute approximate surface area is 131 Å². The Morgan fingerprint density at radius 2 is 1.82 bits per heavy atom. The van der Waals surface area contributed by atoms with E-state index in [9.17, 15) is 9.59 Å². The summed E-state index contributed by atoms with van der Waals surface area (Å²) in [5.74, 6) is -1.32. The number of ether oxygens (including phenoxy) is 1. The number of benzene rings is 1. The first kappa shape index (κ1) is 16.3. The van der Waals surface area contributed by atoms with Crippen LogP contribution in [0.4, 0.5) is 5.69 Å². The fourth-order valence-electron chi connectivity index (χ4n) is 2.52. The first-order chi connectivity index (χ1) is 10.6. The molecule has 1 saturated carbocycles. The van der Waals surface area contributed by atoms with Gasteiger partial charge in [0.15, 0.2) is 0 Å². The molecule has 1 aromatic rings. The highest BCUT2D eigenvalue weighted by Gasteiger charge is 2.25. The zero-order valence-electron chi connectivity index (χ0n) is 13.0. The predicted octanol–water partition coefficient (Wildman–Crippen LogP) is 3.69. The maximum Gasteiger partial charge on any atom is 0.334 e. The average molecular weight is 301 g/mol. The molecule has 4 heteroatoms. The number of carbonyl (C=O) groups is 2. The van der Waals surface area contributed by atoms with Crippen molar-refractivity contribution in [2.24, 2.45) is 5.92 Å². The van der Waals surface area contributed by atoms with E-state index in [-0.39, 0.29) is 17.6 Å². The lowest BCUT2D eigenvalue weighted by atomic mass is 9.97. The Morgan fingerprint density at radius 3 is 2.45 bits per heavy atom. The molecule has 0 spiro atoms. The Kier molecular flexibility index (Phi) is 5.75. The molecule has 2 rings (SSSR count). The van der Waals surface area contributed by atoms with Crippen molar-refractivity contribution in [3.63, 3.8) is 0 Å². The number of esters is 1. The molecule has 1 atom stereocenters. The Bertz CT molecular complexity index is 533. The van der Waals surface area contributed by atoms with Crippen LogP contribution in [0.5, 0.6) is 0 Å². The van der Waals surface area contributed by atoms with E-state index in [4.69, 9.17) is 4.74 Å². The van der Waals surface area contributed by atoms with Gasteiger partial charge in [-0.3, -0.25) is 4.79 Å². The molecule has 118 valence electrons. The van der Waals surface area contributed by atoms with Crippen molar-refractivity contribution in [3.8, 4) is 0 Å². The van der Waals surface area contributed by atoms with Gasteiger partial charge in [0, 0.05) is 11.3 Å². The van der Waals surface area contributed by atoms with Gasteiger partial charge in [-0.1, -0.05) is 31.2 Å². The summed E-state index contributed by atoms with van der Waals surface area (Å²) in [6, 6.07) is 9.15. The topological polar surface area (TPSA) is 55.4 Å². The molecule has 0 heterocycles. The Hall–Kier alpha value is -2.10. The summed E-state index contributed by atoms with van der Waals surface area (Å²) >= 11 is 0. The third-order valence-corrected chi connectivity index (χ3v) is 4.05. The number of anilines is 1. The van der Waals surface area contributed by atoms with Crippen molar-refractivity contribution in [1.82, 2.24) is 0 Å². The quantitative estimate of drug-likeness (QED) is 0.666. The Balaban J connectivity index is 1.87. The maximum absolute atomic E-state index is 12.2. The molecule has 0 bridgehead atoms.